The van der Waals surface area contributed by atoms with Crippen LogP contribution in [0.25, 0.3) is 11.3 Å². The molecule has 5 aliphatic heterocycles. The number of anilines is 2. The van der Waals surface area contributed by atoms with Gasteiger partial charge in [-0.1, -0.05) is 36.4 Å². The fourth-order valence-corrected chi connectivity index (χ4v) is 6.79. The molecule has 1 amide bonds. The fourth-order valence-electron chi connectivity index (χ4n) is 6.51. The number of benzene rings is 2. The summed E-state index contributed by atoms with van der Waals surface area (Å²) < 4.78 is 34.9. The van der Waals surface area contributed by atoms with Gasteiger partial charge in [0.2, 0.25) is 12.3 Å². The van der Waals surface area contributed by atoms with Crippen LogP contribution < -0.4 is 14.4 Å². The SMILES string of the molecule is C=CC(=O)N1C[C@@H]2COc3c(Cl)c4nc5c3C(=NC3OC(C)c6cccc(c6N53)Oc3cccc(F)c3-4)N2C[C@@H]1C. The van der Waals surface area contributed by atoms with Gasteiger partial charge in [-0.05, 0) is 38.1 Å². The van der Waals surface area contributed by atoms with Crippen molar-refractivity contribution >= 4 is 34.8 Å². The van der Waals surface area contributed by atoms with Crippen molar-refractivity contribution in [3.05, 3.63) is 71.0 Å². The van der Waals surface area contributed by atoms with Crippen LogP contribution in [0.1, 0.15) is 31.1 Å². The second kappa shape index (κ2) is 8.67. The Kier molecular flexibility index (Phi) is 5.21. The highest BCUT2D eigenvalue weighted by atomic mass is 35.5. The van der Waals surface area contributed by atoms with Crippen molar-refractivity contribution in [3.8, 4) is 28.5 Å². The van der Waals surface area contributed by atoms with Crippen LogP contribution in [0.2, 0.25) is 5.02 Å². The summed E-state index contributed by atoms with van der Waals surface area (Å²) in [5, 5.41) is 0.161. The zero-order chi connectivity index (χ0) is 28.2. The number of fused-ring (bicyclic) bond motifs is 5. The van der Waals surface area contributed by atoms with Crippen LogP contribution in [0.4, 0.5) is 15.9 Å². The third-order valence-corrected chi connectivity index (χ3v) is 8.79. The van der Waals surface area contributed by atoms with Crippen molar-refractivity contribution in [1.29, 1.82) is 0 Å². The average Bonchev–Trinajstić information content (AvgIpc) is 3.07. The van der Waals surface area contributed by atoms with Crippen LogP contribution in [0.15, 0.2) is 54.0 Å². The molecule has 0 N–H and O–H groups in total. The second-order valence-electron chi connectivity index (χ2n) is 10.8. The molecule has 1 aromatic heterocycles. The zero-order valence-corrected chi connectivity index (χ0v) is 23.1. The Morgan fingerprint density at radius 1 is 1.15 bits per heavy atom. The fraction of sp³-hybridized carbons (Fsp3) is 0.300. The molecular formula is C30H25ClFN5O4. The van der Waals surface area contributed by atoms with Gasteiger partial charge in [0.1, 0.15) is 40.3 Å². The van der Waals surface area contributed by atoms with E-state index in [9.17, 15) is 4.79 Å². The van der Waals surface area contributed by atoms with Crippen LogP contribution in [0.3, 0.4) is 0 Å². The van der Waals surface area contributed by atoms with Gasteiger partial charge in [-0.25, -0.2) is 14.4 Å². The monoisotopic (exact) mass is 573 g/mol. The maximum atomic E-state index is 15.6. The van der Waals surface area contributed by atoms with E-state index in [1.807, 2.05) is 36.9 Å². The molecule has 4 atom stereocenters. The van der Waals surface area contributed by atoms with Gasteiger partial charge in [-0.15, -0.1) is 0 Å². The Morgan fingerprint density at radius 2 is 1.95 bits per heavy atom. The molecule has 208 valence electrons. The lowest BCUT2D eigenvalue weighted by atomic mass is 10.0. The van der Waals surface area contributed by atoms with Gasteiger partial charge < -0.3 is 24.0 Å². The first-order valence-corrected chi connectivity index (χ1v) is 13.9. The zero-order valence-electron chi connectivity index (χ0n) is 22.3. The highest BCUT2D eigenvalue weighted by molar-refractivity contribution is 6.36. The van der Waals surface area contributed by atoms with E-state index in [2.05, 4.69) is 11.5 Å². The molecule has 3 aromatic rings. The number of hydrogen-bond acceptors (Lipinski definition) is 8. The maximum Gasteiger partial charge on any atom is 0.246 e. The summed E-state index contributed by atoms with van der Waals surface area (Å²) in [6, 6.07) is 10.0. The molecule has 11 heteroatoms. The van der Waals surface area contributed by atoms with E-state index in [-0.39, 0.29) is 52.7 Å². The molecule has 0 saturated carbocycles. The number of aliphatic imine (C=N–C) groups is 1. The number of carbonyl (C=O) groups excluding carboxylic acids is 1. The minimum Gasteiger partial charge on any atom is -0.489 e. The van der Waals surface area contributed by atoms with Gasteiger partial charge >= 0.3 is 0 Å². The Morgan fingerprint density at radius 3 is 2.78 bits per heavy atom. The molecule has 5 aliphatic rings. The number of amidine groups is 1. The molecule has 0 spiro atoms. The molecule has 8 rings (SSSR count). The molecule has 9 nitrogen and oxygen atoms in total. The molecule has 6 heterocycles. The predicted molar refractivity (Wildman–Crippen MR) is 150 cm³/mol. The molecule has 2 aromatic carbocycles. The van der Waals surface area contributed by atoms with Crippen LogP contribution in [-0.4, -0.2) is 64.7 Å². The first-order valence-electron chi connectivity index (χ1n) is 13.5. The first kappa shape index (κ1) is 24.6. The summed E-state index contributed by atoms with van der Waals surface area (Å²) in [5.41, 5.74) is 2.59. The quantitative estimate of drug-likeness (QED) is 0.361. The summed E-state index contributed by atoms with van der Waals surface area (Å²) >= 11 is 7.05. The molecule has 0 aliphatic carbocycles. The van der Waals surface area contributed by atoms with E-state index < -0.39 is 12.2 Å². The topological polar surface area (TPSA) is 79.7 Å². The van der Waals surface area contributed by atoms with Gasteiger partial charge in [0.15, 0.2) is 17.3 Å². The van der Waals surface area contributed by atoms with E-state index in [4.69, 9.17) is 35.8 Å². The largest absolute Gasteiger partial charge is 0.489 e. The molecule has 1 saturated heterocycles. The smallest absolute Gasteiger partial charge is 0.246 e. The summed E-state index contributed by atoms with van der Waals surface area (Å²) in [6.07, 6.45) is 0.254. The minimum atomic E-state index is -0.771. The minimum absolute atomic E-state index is 0.111. The van der Waals surface area contributed by atoms with Crippen molar-refractivity contribution in [1.82, 2.24) is 14.8 Å². The standard InChI is InChI=1S/C30H25ClFN5O4/c1-4-21(38)35-12-16-13-39-27-23-28(36(16)11-14(35)2)34-30-37-26-17(15(3)40-30)7-5-10-20(26)41-19-9-6-8-18(32)22(19)25(24(27)31)33-29(23)37/h4-10,14-16,30H,1,11-13H2,2-3H3/t14-,15?,16+,30?/m0/s1. The predicted octanol–water partition coefficient (Wildman–Crippen LogP) is 5.40. The Hall–Kier alpha value is -4.15. The molecular weight excluding hydrogens is 549 g/mol. The molecule has 0 radical (unpaired) electrons. The number of pyridine rings is 1. The number of ether oxygens (including phenoxy) is 3. The van der Waals surface area contributed by atoms with E-state index in [0.717, 1.165) is 11.3 Å². The van der Waals surface area contributed by atoms with Gasteiger partial charge in [0.05, 0.1) is 23.4 Å². The molecule has 1 fully saturated rings. The number of amides is 1. The summed E-state index contributed by atoms with van der Waals surface area (Å²) in [6.45, 7) is 8.78. The van der Waals surface area contributed by atoms with Crippen LogP contribution in [-0.2, 0) is 9.53 Å². The Balaban J connectivity index is 1.42. The third-order valence-electron chi connectivity index (χ3n) is 8.44. The number of carbonyl (C=O) groups is 1. The normalized spacial score (nSPS) is 24.8. The van der Waals surface area contributed by atoms with E-state index >= 15 is 4.39 Å². The lowest BCUT2D eigenvalue weighted by Gasteiger charge is -2.47. The average molecular weight is 574 g/mol. The lowest BCUT2D eigenvalue weighted by Crippen LogP contribution is -2.62. The van der Waals surface area contributed by atoms with Crippen molar-refractivity contribution in [2.75, 3.05) is 24.6 Å². The second-order valence-corrected chi connectivity index (χ2v) is 11.2. The summed E-state index contributed by atoms with van der Waals surface area (Å²) in [7, 11) is 0. The van der Waals surface area contributed by atoms with Gasteiger partial charge in [0.25, 0.3) is 0 Å². The lowest BCUT2D eigenvalue weighted by molar-refractivity contribution is -0.131. The van der Waals surface area contributed by atoms with Crippen LogP contribution in [0.5, 0.6) is 17.2 Å². The highest BCUT2D eigenvalue weighted by Gasteiger charge is 2.48. The number of para-hydroxylation sites is 1. The maximum absolute atomic E-state index is 15.6. The third kappa shape index (κ3) is 3.34. The first-order chi connectivity index (χ1) is 19.9. The number of rotatable bonds is 1. The van der Waals surface area contributed by atoms with E-state index in [1.54, 1.807) is 17.0 Å². The Bertz CT molecular complexity index is 1710. The number of halogens is 2. The summed E-state index contributed by atoms with van der Waals surface area (Å²) in [5.74, 6) is 1.64. The Labute approximate surface area is 240 Å². The number of hydrogen-bond donors (Lipinski definition) is 0. The van der Waals surface area contributed by atoms with E-state index in [1.165, 1.54) is 12.1 Å². The summed E-state index contributed by atoms with van der Waals surface area (Å²) in [4.78, 5) is 28.7. The number of piperazine rings is 1. The van der Waals surface area contributed by atoms with E-state index in [0.29, 0.717) is 41.8 Å². The highest BCUT2D eigenvalue weighted by Crippen LogP contribution is 2.55. The molecule has 2 bridgehead atoms. The number of aromatic nitrogens is 1. The van der Waals surface area contributed by atoms with Crippen molar-refractivity contribution in [3.63, 3.8) is 0 Å². The van der Waals surface area contributed by atoms with Gasteiger partial charge in [-0.3, -0.25) is 9.69 Å². The van der Waals surface area contributed by atoms with Gasteiger partial charge in [0, 0.05) is 24.7 Å². The van der Waals surface area contributed by atoms with Crippen LogP contribution >= 0.6 is 11.6 Å². The van der Waals surface area contributed by atoms with Crippen LogP contribution in [0, 0.1) is 5.82 Å². The molecule has 41 heavy (non-hydrogen) atoms. The van der Waals surface area contributed by atoms with Crippen molar-refractivity contribution < 1.29 is 23.4 Å². The number of nitrogens with zero attached hydrogens (tertiary/aromatic N) is 5. The van der Waals surface area contributed by atoms with Crippen molar-refractivity contribution in [2.45, 2.75) is 38.4 Å². The molecule has 2 unspecified atom stereocenters. The van der Waals surface area contributed by atoms with Crippen molar-refractivity contribution in [2.24, 2.45) is 4.99 Å². The van der Waals surface area contributed by atoms with Gasteiger partial charge in [-0.2, -0.15) is 0 Å².